The fourth-order valence-corrected chi connectivity index (χ4v) is 2.80. The summed E-state index contributed by atoms with van der Waals surface area (Å²) in [5.74, 6) is 0.0397. The maximum Gasteiger partial charge on any atom is 0.263 e. The fourth-order valence-electron chi connectivity index (χ4n) is 2.62. The lowest BCUT2D eigenvalue weighted by Gasteiger charge is -1.99. The van der Waals surface area contributed by atoms with Crippen LogP contribution in [-0.2, 0) is 0 Å². The van der Waals surface area contributed by atoms with Gasteiger partial charge in [-0.15, -0.1) is 0 Å². The van der Waals surface area contributed by atoms with Crippen LogP contribution in [0.1, 0.15) is 10.4 Å². The number of fused-ring (bicyclic) bond motifs is 5. The average Bonchev–Trinajstić information content (AvgIpc) is 2.87. The van der Waals surface area contributed by atoms with Crippen LogP contribution in [0, 0.1) is 0 Å². The third-order valence-corrected chi connectivity index (χ3v) is 3.64. The highest BCUT2D eigenvalue weighted by Crippen LogP contribution is 2.37. The van der Waals surface area contributed by atoms with E-state index in [0.717, 1.165) is 27.7 Å². The van der Waals surface area contributed by atoms with Gasteiger partial charge in [-0.25, -0.2) is 0 Å². The maximum atomic E-state index is 12.4. The van der Waals surface area contributed by atoms with Crippen molar-refractivity contribution in [2.45, 2.75) is 0 Å². The van der Waals surface area contributed by atoms with Crippen LogP contribution in [0.5, 0.6) is 0 Å². The summed E-state index contributed by atoms with van der Waals surface area (Å²) < 4.78 is 1.76. The molecule has 0 saturated heterocycles. The normalized spacial score (nSPS) is 12.8. The van der Waals surface area contributed by atoms with Crippen molar-refractivity contribution in [2.24, 2.45) is 0 Å². The van der Waals surface area contributed by atoms with E-state index in [-0.39, 0.29) is 5.91 Å². The molecule has 2 aromatic carbocycles. The maximum absolute atomic E-state index is 12.4. The van der Waals surface area contributed by atoms with Crippen molar-refractivity contribution in [1.82, 2.24) is 4.57 Å². The summed E-state index contributed by atoms with van der Waals surface area (Å²) in [7, 11) is 0. The van der Waals surface area contributed by atoms with Crippen molar-refractivity contribution in [3.8, 4) is 11.3 Å². The molecular weight excluding hydrogens is 246 g/mol. The average molecular weight is 254 g/mol. The van der Waals surface area contributed by atoms with Crippen LogP contribution >= 0.6 is 11.6 Å². The van der Waals surface area contributed by atoms with Crippen molar-refractivity contribution >= 4 is 28.4 Å². The molecule has 86 valence electrons. The standard InChI is InChI=1S/C15H8ClNO/c16-10-5-6-13-9(7-10)8-14-11-3-1-2-4-12(11)15(18)17(13)14/h1-8H. The molecule has 0 aliphatic carbocycles. The highest BCUT2D eigenvalue weighted by molar-refractivity contribution is 6.31. The lowest BCUT2D eigenvalue weighted by atomic mass is 10.1. The Hall–Kier alpha value is -2.06. The minimum absolute atomic E-state index is 0.0397. The van der Waals surface area contributed by atoms with E-state index in [1.807, 2.05) is 48.5 Å². The molecule has 3 aromatic rings. The zero-order valence-corrected chi connectivity index (χ0v) is 10.1. The lowest BCUT2D eigenvalue weighted by Crippen LogP contribution is -2.05. The molecule has 2 nitrogen and oxygen atoms in total. The third-order valence-electron chi connectivity index (χ3n) is 3.40. The van der Waals surface area contributed by atoms with E-state index in [0.29, 0.717) is 5.02 Å². The number of hydrogen-bond acceptors (Lipinski definition) is 1. The number of carbonyl (C=O) groups excluding carboxylic acids is 1. The Kier molecular flexibility index (Phi) is 1.78. The Morgan fingerprint density at radius 1 is 0.944 bits per heavy atom. The first-order valence-electron chi connectivity index (χ1n) is 5.71. The quantitative estimate of drug-likeness (QED) is 0.465. The SMILES string of the molecule is O=C1c2ccccc2-c2cc3cc(Cl)ccc3n21. The second kappa shape index (κ2) is 3.24. The van der Waals surface area contributed by atoms with Gasteiger partial charge in [0.2, 0.25) is 0 Å². The molecule has 0 unspecified atom stereocenters. The van der Waals surface area contributed by atoms with Gasteiger partial charge in [0, 0.05) is 21.5 Å². The minimum Gasteiger partial charge on any atom is -0.276 e. The highest BCUT2D eigenvalue weighted by atomic mass is 35.5. The molecule has 2 heterocycles. The van der Waals surface area contributed by atoms with Gasteiger partial charge in [0.25, 0.3) is 5.91 Å². The minimum atomic E-state index is 0.0397. The molecule has 3 heteroatoms. The van der Waals surface area contributed by atoms with Crippen molar-refractivity contribution < 1.29 is 4.79 Å². The van der Waals surface area contributed by atoms with E-state index in [2.05, 4.69) is 0 Å². The first-order valence-corrected chi connectivity index (χ1v) is 6.08. The Labute approximate surface area is 108 Å². The molecule has 4 rings (SSSR count). The second-order valence-corrected chi connectivity index (χ2v) is 4.86. The van der Waals surface area contributed by atoms with Crippen LogP contribution in [0.25, 0.3) is 22.2 Å². The van der Waals surface area contributed by atoms with Gasteiger partial charge < -0.3 is 0 Å². The van der Waals surface area contributed by atoms with E-state index in [1.54, 1.807) is 4.57 Å². The van der Waals surface area contributed by atoms with E-state index >= 15 is 0 Å². The number of halogens is 1. The second-order valence-electron chi connectivity index (χ2n) is 4.42. The molecule has 0 radical (unpaired) electrons. The number of hydrogen-bond donors (Lipinski definition) is 0. The molecule has 18 heavy (non-hydrogen) atoms. The molecule has 1 aliphatic heterocycles. The first kappa shape index (κ1) is 9.92. The molecule has 0 amide bonds. The summed E-state index contributed by atoms with van der Waals surface area (Å²) in [6, 6.07) is 15.3. The Morgan fingerprint density at radius 2 is 1.72 bits per heavy atom. The molecular formula is C15H8ClNO. The molecule has 0 saturated carbocycles. The topological polar surface area (TPSA) is 22.0 Å². The largest absolute Gasteiger partial charge is 0.276 e. The molecule has 0 bridgehead atoms. The Balaban J connectivity index is 2.15. The van der Waals surface area contributed by atoms with Crippen LogP contribution in [-0.4, -0.2) is 10.5 Å². The first-order chi connectivity index (χ1) is 8.75. The van der Waals surface area contributed by atoms with Gasteiger partial charge >= 0.3 is 0 Å². The molecule has 0 spiro atoms. The van der Waals surface area contributed by atoms with Crippen molar-refractivity contribution in [1.29, 1.82) is 0 Å². The molecule has 1 aromatic heterocycles. The predicted molar refractivity (Wildman–Crippen MR) is 72.1 cm³/mol. The molecule has 0 atom stereocenters. The Bertz CT molecular complexity index is 816. The van der Waals surface area contributed by atoms with Gasteiger partial charge in [0.05, 0.1) is 11.2 Å². The predicted octanol–water partition coefficient (Wildman–Crippen LogP) is 3.96. The molecule has 0 fully saturated rings. The van der Waals surface area contributed by atoms with Crippen molar-refractivity contribution in [3.63, 3.8) is 0 Å². The summed E-state index contributed by atoms with van der Waals surface area (Å²) in [4.78, 5) is 12.4. The van der Waals surface area contributed by atoms with Gasteiger partial charge in [-0.2, -0.15) is 0 Å². The summed E-state index contributed by atoms with van der Waals surface area (Å²) in [6.45, 7) is 0. The van der Waals surface area contributed by atoms with Crippen molar-refractivity contribution in [3.05, 3.63) is 59.1 Å². The van der Waals surface area contributed by atoms with E-state index in [9.17, 15) is 4.79 Å². The summed E-state index contributed by atoms with van der Waals surface area (Å²) in [5.41, 5.74) is 3.63. The molecule has 1 aliphatic rings. The number of rotatable bonds is 0. The van der Waals surface area contributed by atoms with Gasteiger partial charge in [-0.1, -0.05) is 29.8 Å². The van der Waals surface area contributed by atoms with Crippen LogP contribution < -0.4 is 0 Å². The summed E-state index contributed by atoms with van der Waals surface area (Å²) in [5, 5.41) is 1.69. The van der Waals surface area contributed by atoms with Gasteiger partial charge in [-0.3, -0.25) is 9.36 Å². The van der Waals surface area contributed by atoms with E-state index in [4.69, 9.17) is 11.6 Å². The monoisotopic (exact) mass is 253 g/mol. The number of carbonyl (C=O) groups is 1. The van der Waals surface area contributed by atoms with Crippen LogP contribution in [0.3, 0.4) is 0 Å². The third kappa shape index (κ3) is 1.11. The zero-order chi connectivity index (χ0) is 12.3. The summed E-state index contributed by atoms with van der Waals surface area (Å²) >= 11 is 5.98. The number of benzene rings is 2. The number of aromatic nitrogens is 1. The fraction of sp³-hybridized carbons (Fsp3) is 0. The zero-order valence-electron chi connectivity index (χ0n) is 9.35. The smallest absolute Gasteiger partial charge is 0.263 e. The van der Waals surface area contributed by atoms with Crippen LogP contribution in [0.2, 0.25) is 5.02 Å². The highest BCUT2D eigenvalue weighted by Gasteiger charge is 2.27. The van der Waals surface area contributed by atoms with Crippen LogP contribution in [0.15, 0.2) is 48.5 Å². The number of nitrogens with zero attached hydrogens (tertiary/aromatic N) is 1. The molecule has 0 N–H and O–H groups in total. The van der Waals surface area contributed by atoms with Gasteiger partial charge in [0.15, 0.2) is 0 Å². The van der Waals surface area contributed by atoms with E-state index < -0.39 is 0 Å². The Morgan fingerprint density at radius 3 is 2.56 bits per heavy atom. The van der Waals surface area contributed by atoms with Crippen LogP contribution in [0.4, 0.5) is 0 Å². The lowest BCUT2D eigenvalue weighted by molar-refractivity contribution is 0.0973. The van der Waals surface area contributed by atoms with Crippen molar-refractivity contribution in [2.75, 3.05) is 0 Å². The summed E-state index contributed by atoms with van der Waals surface area (Å²) in [6.07, 6.45) is 0. The van der Waals surface area contributed by atoms with Gasteiger partial charge in [-0.05, 0) is 30.3 Å². The van der Waals surface area contributed by atoms with E-state index in [1.165, 1.54) is 0 Å². The van der Waals surface area contributed by atoms with Gasteiger partial charge in [0.1, 0.15) is 0 Å².